The maximum atomic E-state index is 11.6. The molecule has 0 bridgehead atoms. The van der Waals surface area contributed by atoms with Crippen LogP contribution in [0.4, 0.5) is 5.69 Å². The molecule has 88 valence electrons. The fraction of sp³-hybridized carbons (Fsp3) is 0.364. The average molecular weight is 351 g/mol. The lowest BCUT2D eigenvalue weighted by Crippen LogP contribution is -2.19. The van der Waals surface area contributed by atoms with E-state index in [1.807, 2.05) is 25.1 Å². The van der Waals surface area contributed by atoms with Gasteiger partial charge in [-0.05, 0) is 41.1 Å². The first-order valence-electron chi connectivity index (χ1n) is 4.80. The van der Waals surface area contributed by atoms with E-state index in [4.69, 9.17) is 4.74 Å². The van der Waals surface area contributed by atoms with Gasteiger partial charge in [0.1, 0.15) is 0 Å². The number of anilines is 1. The van der Waals surface area contributed by atoms with Crippen molar-refractivity contribution in [2.45, 2.75) is 19.4 Å². The second kappa shape index (κ2) is 6.37. The van der Waals surface area contributed by atoms with Gasteiger partial charge in [-0.25, -0.2) is 0 Å². The highest BCUT2D eigenvalue weighted by Crippen LogP contribution is 2.26. The number of nitrogens with one attached hydrogen (secondary N) is 1. The number of halogens is 2. The first-order chi connectivity index (χ1) is 7.52. The number of rotatable bonds is 4. The lowest BCUT2D eigenvalue weighted by atomic mass is 10.2. The zero-order chi connectivity index (χ0) is 12.1. The molecule has 0 spiro atoms. The Kier molecular flexibility index (Phi) is 5.44. The van der Waals surface area contributed by atoms with Crippen molar-refractivity contribution in [2.24, 2.45) is 0 Å². The second-order valence-corrected chi connectivity index (χ2v) is 5.19. The van der Waals surface area contributed by atoms with Crippen molar-refractivity contribution < 1.29 is 9.53 Å². The summed E-state index contributed by atoms with van der Waals surface area (Å²) >= 11 is 6.73. The van der Waals surface area contributed by atoms with Crippen LogP contribution in [0, 0.1) is 0 Å². The van der Waals surface area contributed by atoms with E-state index in [0.29, 0.717) is 6.42 Å². The molecule has 0 saturated carbocycles. The van der Waals surface area contributed by atoms with Crippen LogP contribution >= 0.6 is 31.9 Å². The molecule has 0 radical (unpaired) electrons. The maximum Gasteiger partial charge on any atom is 0.227 e. The lowest BCUT2D eigenvalue weighted by molar-refractivity contribution is -0.118. The molecule has 0 aliphatic heterocycles. The summed E-state index contributed by atoms with van der Waals surface area (Å²) in [7, 11) is 1.59. The van der Waals surface area contributed by atoms with Gasteiger partial charge in [-0.2, -0.15) is 0 Å². The fourth-order valence-corrected chi connectivity index (χ4v) is 2.28. The minimum atomic E-state index is -0.0748. The molecule has 0 aliphatic carbocycles. The smallest absolute Gasteiger partial charge is 0.227 e. The van der Waals surface area contributed by atoms with Crippen LogP contribution in [0.25, 0.3) is 0 Å². The largest absolute Gasteiger partial charge is 0.381 e. The van der Waals surface area contributed by atoms with Crippen LogP contribution in [-0.2, 0) is 9.53 Å². The quantitative estimate of drug-likeness (QED) is 0.901. The number of benzene rings is 1. The van der Waals surface area contributed by atoms with E-state index in [1.54, 1.807) is 7.11 Å². The van der Waals surface area contributed by atoms with Crippen molar-refractivity contribution in [1.29, 1.82) is 0 Å². The molecule has 1 rings (SSSR count). The molecule has 1 aromatic carbocycles. The fourth-order valence-electron chi connectivity index (χ4n) is 1.14. The topological polar surface area (TPSA) is 38.3 Å². The Morgan fingerprint density at radius 2 is 2.19 bits per heavy atom. The molecule has 1 unspecified atom stereocenters. The maximum absolute atomic E-state index is 11.6. The summed E-state index contributed by atoms with van der Waals surface area (Å²) in [5.41, 5.74) is 0.761. The Morgan fingerprint density at radius 1 is 1.50 bits per heavy atom. The number of hydrogen-bond acceptors (Lipinski definition) is 2. The molecular weight excluding hydrogens is 338 g/mol. The van der Waals surface area contributed by atoms with Gasteiger partial charge in [0.2, 0.25) is 5.91 Å². The van der Waals surface area contributed by atoms with E-state index < -0.39 is 0 Å². The number of amides is 1. The van der Waals surface area contributed by atoms with Crippen LogP contribution in [0.15, 0.2) is 27.1 Å². The summed E-state index contributed by atoms with van der Waals surface area (Å²) in [5, 5.41) is 2.82. The van der Waals surface area contributed by atoms with Crippen molar-refractivity contribution in [3.63, 3.8) is 0 Å². The van der Waals surface area contributed by atoms with Gasteiger partial charge in [-0.1, -0.05) is 15.9 Å². The van der Waals surface area contributed by atoms with Gasteiger partial charge < -0.3 is 10.1 Å². The average Bonchev–Trinajstić information content (AvgIpc) is 2.22. The molecule has 0 saturated heterocycles. The normalized spacial score (nSPS) is 12.2. The molecule has 1 atom stereocenters. The SMILES string of the molecule is COC(C)CC(=O)Nc1ccc(Br)cc1Br. The van der Waals surface area contributed by atoms with Gasteiger partial charge in [-0.3, -0.25) is 4.79 Å². The third kappa shape index (κ3) is 4.23. The molecule has 1 aromatic rings. The van der Waals surface area contributed by atoms with Crippen LogP contribution in [0.2, 0.25) is 0 Å². The Balaban J connectivity index is 2.63. The monoisotopic (exact) mass is 349 g/mol. The van der Waals surface area contributed by atoms with E-state index >= 15 is 0 Å². The summed E-state index contributed by atoms with van der Waals surface area (Å²) in [6.07, 6.45) is 0.271. The molecule has 0 aliphatic rings. The first-order valence-corrected chi connectivity index (χ1v) is 6.39. The minimum Gasteiger partial charge on any atom is -0.381 e. The molecule has 1 N–H and O–H groups in total. The third-order valence-corrected chi connectivity index (χ3v) is 3.23. The van der Waals surface area contributed by atoms with E-state index in [0.717, 1.165) is 14.6 Å². The van der Waals surface area contributed by atoms with Crippen LogP contribution < -0.4 is 5.32 Å². The Labute approximate surface area is 112 Å². The minimum absolute atomic E-state index is 0.0580. The van der Waals surface area contributed by atoms with Crippen LogP contribution in [0.3, 0.4) is 0 Å². The second-order valence-electron chi connectivity index (χ2n) is 3.42. The van der Waals surface area contributed by atoms with Gasteiger partial charge in [0.25, 0.3) is 0 Å². The predicted octanol–water partition coefficient (Wildman–Crippen LogP) is 3.58. The van der Waals surface area contributed by atoms with Crippen molar-refractivity contribution in [1.82, 2.24) is 0 Å². The highest BCUT2D eigenvalue weighted by molar-refractivity contribution is 9.11. The lowest BCUT2D eigenvalue weighted by Gasteiger charge is -2.11. The van der Waals surface area contributed by atoms with Gasteiger partial charge in [0.15, 0.2) is 0 Å². The van der Waals surface area contributed by atoms with Crippen LogP contribution in [0.5, 0.6) is 0 Å². The molecule has 0 fully saturated rings. The molecule has 1 amide bonds. The van der Waals surface area contributed by atoms with E-state index in [-0.39, 0.29) is 12.0 Å². The zero-order valence-electron chi connectivity index (χ0n) is 9.09. The van der Waals surface area contributed by atoms with Gasteiger partial charge in [0.05, 0.1) is 18.2 Å². The van der Waals surface area contributed by atoms with E-state index in [2.05, 4.69) is 37.2 Å². The zero-order valence-corrected chi connectivity index (χ0v) is 12.3. The Bertz CT molecular complexity index is 382. The third-order valence-electron chi connectivity index (χ3n) is 2.08. The molecule has 5 heteroatoms. The van der Waals surface area contributed by atoms with Gasteiger partial charge >= 0.3 is 0 Å². The molecular formula is C11H13Br2NO2. The summed E-state index contributed by atoms with van der Waals surface area (Å²) in [6, 6.07) is 5.60. The predicted molar refractivity (Wildman–Crippen MR) is 71.6 cm³/mol. The Hall–Kier alpha value is -0.390. The summed E-state index contributed by atoms with van der Waals surface area (Å²) in [6.45, 7) is 1.86. The van der Waals surface area contributed by atoms with Crippen molar-refractivity contribution in [3.05, 3.63) is 27.1 Å². The van der Waals surface area contributed by atoms with Crippen LogP contribution in [0.1, 0.15) is 13.3 Å². The highest BCUT2D eigenvalue weighted by atomic mass is 79.9. The summed E-state index contributed by atoms with van der Waals surface area (Å²) < 4.78 is 6.84. The first kappa shape index (κ1) is 13.7. The standard InChI is InChI=1S/C11H13Br2NO2/c1-7(16-2)5-11(15)14-10-4-3-8(12)6-9(10)13/h3-4,6-7H,5H2,1-2H3,(H,14,15). The number of hydrogen-bond donors (Lipinski definition) is 1. The highest BCUT2D eigenvalue weighted by Gasteiger charge is 2.09. The summed E-state index contributed by atoms with van der Waals surface area (Å²) in [4.78, 5) is 11.6. The van der Waals surface area contributed by atoms with Crippen LogP contribution in [-0.4, -0.2) is 19.1 Å². The van der Waals surface area contributed by atoms with Crippen molar-refractivity contribution >= 4 is 43.5 Å². The molecule has 16 heavy (non-hydrogen) atoms. The Morgan fingerprint density at radius 3 is 2.75 bits per heavy atom. The molecule has 0 heterocycles. The number of carbonyl (C=O) groups excluding carboxylic acids is 1. The number of ether oxygens (including phenoxy) is 1. The summed E-state index contributed by atoms with van der Waals surface area (Å²) in [5.74, 6) is -0.0580. The van der Waals surface area contributed by atoms with E-state index in [1.165, 1.54) is 0 Å². The van der Waals surface area contributed by atoms with Gasteiger partial charge in [0, 0.05) is 16.1 Å². The van der Waals surface area contributed by atoms with E-state index in [9.17, 15) is 4.79 Å². The molecule has 0 aromatic heterocycles. The number of carbonyl (C=O) groups is 1. The van der Waals surface area contributed by atoms with Crippen molar-refractivity contribution in [2.75, 3.05) is 12.4 Å². The molecule has 3 nitrogen and oxygen atoms in total. The van der Waals surface area contributed by atoms with Gasteiger partial charge in [-0.15, -0.1) is 0 Å². The number of methoxy groups -OCH3 is 1. The van der Waals surface area contributed by atoms with Crippen molar-refractivity contribution in [3.8, 4) is 0 Å².